The summed E-state index contributed by atoms with van der Waals surface area (Å²) in [4.78, 5) is 18.4. The Morgan fingerprint density at radius 3 is 2.79 bits per heavy atom. The summed E-state index contributed by atoms with van der Waals surface area (Å²) in [5.74, 6) is 0. The van der Waals surface area contributed by atoms with Crippen molar-refractivity contribution in [1.29, 1.82) is 0 Å². The maximum Gasteiger partial charge on any atom is 0.192 e. The lowest BCUT2D eigenvalue weighted by Gasteiger charge is -2.04. The molecule has 0 atom stereocenters. The van der Waals surface area contributed by atoms with Crippen LogP contribution in [-0.4, -0.2) is 19.9 Å². The zero-order valence-corrected chi connectivity index (χ0v) is 12.4. The van der Waals surface area contributed by atoms with Crippen molar-refractivity contribution in [3.8, 4) is 0 Å². The van der Waals surface area contributed by atoms with Crippen molar-refractivity contribution < 1.29 is 0 Å². The van der Waals surface area contributed by atoms with Gasteiger partial charge in [0.2, 0.25) is 0 Å². The Labute approximate surface area is 122 Å². The van der Waals surface area contributed by atoms with Crippen molar-refractivity contribution >= 4 is 38.7 Å². The van der Waals surface area contributed by atoms with Crippen LogP contribution >= 0.6 is 27.7 Å². The summed E-state index contributed by atoms with van der Waals surface area (Å²) in [6, 6.07) is 5.76. The number of aryl methyl sites for hydroxylation is 1. The lowest BCUT2D eigenvalue weighted by molar-refractivity contribution is 0.932. The van der Waals surface area contributed by atoms with E-state index >= 15 is 0 Å². The highest BCUT2D eigenvalue weighted by Crippen LogP contribution is 2.30. The van der Waals surface area contributed by atoms with Gasteiger partial charge in [-0.1, -0.05) is 0 Å². The van der Waals surface area contributed by atoms with Gasteiger partial charge in [0.05, 0.1) is 5.52 Å². The zero-order chi connectivity index (χ0) is 13.2. The SMILES string of the molecule is Cc1ccnc(Sc2ccnc3cc(Br)cnc23)n1. The summed E-state index contributed by atoms with van der Waals surface area (Å²) >= 11 is 4.90. The predicted molar refractivity (Wildman–Crippen MR) is 78.1 cm³/mol. The van der Waals surface area contributed by atoms with Crippen molar-refractivity contribution in [3.05, 3.63) is 47.0 Å². The predicted octanol–water partition coefficient (Wildman–Crippen LogP) is 3.64. The molecule has 0 saturated heterocycles. The summed E-state index contributed by atoms with van der Waals surface area (Å²) in [5, 5.41) is 0.720. The maximum absolute atomic E-state index is 4.41. The van der Waals surface area contributed by atoms with Crippen LogP contribution in [0.25, 0.3) is 11.0 Å². The molecule has 0 bridgehead atoms. The third-order valence-corrected chi connectivity index (χ3v) is 3.84. The van der Waals surface area contributed by atoms with E-state index in [9.17, 15) is 0 Å². The molecule has 0 aliphatic rings. The second-order valence-electron chi connectivity index (χ2n) is 3.91. The number of halogens is 1. The van der Waals surface area contributed by atoms with Crippen LogP contribution in [0.5, 0.6) is 0 Å². The number of rotatable bonds is 2. The fraction of sp³-hybridized carbons (Fsp3) is 0.0769. The first-order chi connectivity index (χ1) is 9.22. The van der Waals surface area contributed by atoms with E-state index in [2.05, 4.69) is 35.9 Å². The topological polar surface area (TPSA) is 51.6 Å². The molecule has 0 radical (unpaired) electrons. The van der Waals surface area contributed by atoms with Crippen molar-refractivity contribution in [1.82, 2.24) is 19.9 Å². The molecule has 3 rings (SSSR count). The van der Waals surface area contributed by atoms with Crippen LogP contribution in [-0.2, 0) is 0 Å². The average molecular weight is 333 g/mol. The van der Waals surface area contributed by atoms with Crippen LogP contribution in [0.3, 0.4) is 0 Å². The number of fused-ring (bicyclic) bond motifs is 1. The fourth-order valence-electron chi connectivity index (χ4n) is 1.64. The van der Waals surface area contributed by atoms with Gasteiger partial charge in [-0.25, -0.2) is 9.97 Å². The third-order valence-electron chi connectivity index (χ3n) is 2.48. The van der Waals surface area contributed by atoms with Gasteiger partial charge in [0.1, 0.15) is 5.52 Å². The van der Waals surface area contributed by atoms with Gasteiger partial charge in [0.25, 0.3) is 0 Å². The fourth-order valence-corrected chi connectivity index (χ4v) is 2.84. The average Bonchev–Trinajstić information content (AvgIpc) is 2.38. The molecule has 0 saturated carbocycles. The molecule has 4 nitrogen and oxygen atoms in total. The monoisotopic (exact) mass is 332 g/mol. The van der Waals surface area contributed by atoms with Gasteiger partial charge in [-0.15, -0.1) is 0 Å². The highest BCUT2D eigenvalue weighted by atomic mass is 79.9. The Morgan fingerprint density at radius 1 is 1.11 bits per heavy atom. The van der Waals surface area contributed by atoms with E-state index in [4.69, 9.17) is 0 Å². The quantitative estimate of drug-likeness (QED) is 0.670. The van der Waals surface area contributed by atoms with Crippen molar-refractivity contribution in [2.24, 2.45) is 0 Å². The molecular formula is C13H9BrN4S. The summed E-state index contributed by atoms with van der Waals surface area (Å²) in [6.45, 7) is 1.95. The van der Waals surface area contributed by atoms with Crippen LogP contribution in [0, 0.1) is 6.92 Å². The minimum atomic E-state index is 0.720. The van der Waals surface area contributed by atoms with E-state index < -0.39 is 0 Å². The lowest BCUT2D eigenvalue weighted by atomic mass is 10.3. The molecule has 0 N–H and O–H groups in total. The normalized spacial score (nSPS) is 10.8. The third kappa shape index (κ3) is 2.74. The first-order valence-corrected chi connectivity index (χ1v) is 7.21. The first kappa shape index (κ1) is 12.5. The Morgan fingerprint density at radius 2 is 1.95 bits per heavy atom. The van der Waals surface area contributed by atoms with Crippen molar-refractivity contribution in [3.63, 3.8) is 0 Å². The van der Waals surface area contributed by atoms with Gasteiger partial charge in [-0.2, -0.15) is 0 Å². The smallest absolute Gasteiger partial charge is 0.192 e. The molecule has 0 aliphatic heterocycles. The molecule has 0 aliphatic carbocycles. The molecule has 3 heterocycles. The minimum absolute atomic E-state index is 0.720. The minimum Gasteiger partial charge on any atom is -0.254 e. The zero-order valence-electron chi connectivity index (χ0n) is 10.0. The molecule has 0 amide bonds. The van der Waals surface area contributed by atoms with Crippen LogP contribution in [0.15, 0.2) is 51.3 Å². The standard InChI is InChI=1S/C13H9BrN4S/c1-8-2-4-16-13(18-8)19-11-3-5-15-10-6-9(14)7-17-12(10)11/h2-7H,1H3. The van der Waals surface area contributed by atoms with Crippen LogP contribution in [0.4, 0.5) is 0 Å². The molecular weight excluding hydrogens is 324 g/mol. The van der Waals surface area contributed by atoms with Crippen LogP contribution in [0.1, 0.15) is 5.69 Å². The Kier molecular flexibility index (Phi) is 3.44. The Hall–Kier alpha value is -1.53. The molecule has 0 fully saturated rings. The lowest BCUT2D eigenvalue weighted by Crippen LogP contribution is -1.90. The van der Waals surface area contributed by atoms with Gasteiger partial charge in [0.15, 0.2) is 5.16 Å². The van der Waals surface area contributed by atoms with E-state index in [0.29, 0.717) is 0 Å². The van der Waals surface area contributed by atoms with E-state index in [1.165, 1.54) is 11.8 Å². The first-order valence-electron chi connectivity index (χ1n) is 5.60. The van der Waals surface area contributed by atoms with Gasteiger partial charge >= 0.3 is 0 Å². The largest absolute Gasteiger partial charge is 0.254 e. The maximum atomic E-state index is 4.41. The number of pyridine rings is 2. The second-order valence-corrected chi connectivity index (χ2v) is 5.84. The summed E-state index contributed by atoms with van der Waals surface area (Å²) in [6.07, 6.45) is 5.30. The van der Waals surface area contributed by atoms with Gasteiger partial charge < -0.3 is 0 Å². The van der Waals surface area contributed by atoms with E-state index in [1.54, 1.807) is 18.6 Å². The number of aromatic nitrogens is 4. The highest BCUT2D eigenvalue weighted by Gasteiger charge is 2.07. The van der Waals surface area contributed by atoms with Gasteiger partial charge in [0, 0.05) is 33.7 Å². The molecule has 0 spiro atoms. The molecule has 0 unspecified atom stereocenters. The summed E-state index contributed by atoms with van der Waals surface area (Å²) in [7, 11) is 0. The van der Waals surface area contributed by atoms with E-state index in [-0.39, 0.29) is 0 Å². The van der Waals surface area contributed by atoms with Gasteiger partial charge in [-0.05, 0) is 52.8 Å². The number of nitrogens with zero attached hydrogens (tertiary/aromatic N) is 4. The Bertz CT molecular complexity index is 748. The van der Waals surface area contributed by atoms with Crippen molar-refractivity contribution in [2.45, 2.75) is 17.0 Å². The number of hydrogen-bond acceptors (Lipinski definition) is 5. The summed E-state index contributed by atoms with van der Waals surface area (Å²) in [5.41, 5.74) is 2.67. The summed E-state index contributed by atoms with van der Waals surface area (Å²) < 4.78 is 0.918. The molecule has 3 aromatic heterocycles. The van der Waals surface area contributed by atoms with Crippen molar-refractivity contribution in [2.75, 3.05) is 0 Å². The molecule has 6 heteroatoms. The number of hydrogen-bond donors (Lipinski definition) is 0. The Balaban J connectivity index is 2.06. The molecule has 19 heavy (non-hydrogen) atoms. The molecule has 94 valence electrons. The van der Waals surface area contributed by atoms with E-state index in [1.807, 2.05) is 25.1 Å². The van der Waals surface area contributed by atoms with Crippen LogP contribution in [0.2, 0.25) is 0 Å². The van der Waals surface area contributed by atoms with Crippen LogP contribution < -0.4 is 0 Å². The van der Waals surface area contributed by atoms with E-state index in [0.717, 1.165) is 31.3 Å². The molecule has 3 aromatic rings. The molecule has 0 aromatic carbocycles. The highest BCUT2D eigenvalue weighted by molar-refractivity contribution is 9.10. The van der Waals surface area contributed by atoms with Gasteiger partial charge in [-0.3, -0.25) is 9.97 Å². The second kappa shape index (κ2) is 5.22.